The highest BCUT2D eigenvalue weighted by Gasteiger charge is 2.28. The van der Waals surface area contributed by atoms with Gasteiger partial charge in [-0.2, -0.15) is 8.42 Å². The number of hydrogen-bond acceptors (Lipinski definition) is 7. The summed E-state index contributed by atoms with van der Waals surface area (Å²) in [5.74, 6) is 0. The summed E-state index contributed by atoms with van der Waals surface area (Å²) >= 11 is 3.18. The van der Waals surface area contributed by atoms with E-state index in [-0.39, 0.29) is 5.69 Å². The molecule has 2 rings (SSSR count). The van der Waals surface area contributed by atoms with Gasteiger partial charge in [0.25, 0.3) is 11.4 Å². The maximum absolute atomic E-state index is 12.2. The maximum atomic E-state index is 12.2. The predicted octanol–water partition coefficient (Wildman–Crippen LogP) is 3.74. The fourth-order valence-corrected chi connectivity index (χ4v) is 2.98. The molecule has 12 heteroatoms. The largest absolute Gasteiger partial charge is 0.306 e. The van der Waals surface area contributed by atoms with Crippen molar-refractivity contribution in [2.24, 2.45) is 9.63 Å². The summed E-state index contributed by atoms with van der Waals surface area (Å²) < 4.78 is 28.1. The minimum atomic E-state index is -4.51. The first-order valence-electron chi connectivity index (χ1n) is 6.07. The molecule has 2 aromatic rings. The van der Waals surface area contributed by atoms with Gasteiger partial charge < -0.3 is 0 Å². The second-order valence-electron chi connectivity index (χ2n) is 4.30. The van der Waals surface area contributed by atoms with Crippen LogP contribution in [0.15, 0.2) is 61.5 Å². The van der Waals surface area contributed by atoms with Crippen molar-refractivity contribution in [3.63, 3.8) is 0 Å². The summed E-state index contributed by atoms with van der Waals surface area (Å²) in [5.41, 5.74) is -1.35. The summed E-state index contributed by atoms with van der Waals surface area (Å²) in [5, 5.41) is 25.2. The highest BCUT2D eigenvalue weighted by Crippen LogP contribution is 2.30. The number of hydrogen-bond donors (Lipinski definition) is 0. The molecule has 0 N–H and O–H groups in total. The Hall–Kier alpha value is -2.73. The Kier molecular flexibility index (Phi) is 4.99. The lowest BCUT2D eigenvalue weighted by Gasteiger charge is -2.00. The van der Waals surface area contributed by atoms with E-state index in [4.69, 9.17) is 0 Å². The molecule has 0 spiro atoms. The topological polar surface area (TPSA) is 145 Å². The van der Waals surface area contributed by atoms with Crippen molar-refractivity contribution in [3.05, 3.63) is 67.2 Å². The molecule has 0 aliphatic heterocycles. The highest BCUT2D eigenvalue weighted by atomic mass is 79.9. The molecule has 0 heterocycles. The van der Waals surface area contributed by atoms with E-state index < -0.39 is 36.1 Å². The van der Waals surface area contributed by atoms with Crippen LogP contribution in [0.2, 0.25) is 0 Å². The van der Waals surface area contributed by atoms with Gasteiger partial charge in [0.2, 0.25) is 0 Å². The monoisotopic (exact) mass is 414 g/mol. The van der Waals surface area contributed by atoms with Crippen LogP contribution < -0.4 is 0 Å². The molecule has 0 amide bonds. The molecule has 0 radical (unpaired) electrons. The van der Waals surface area contributed by atoms with Crippen molar-refractivity contribution < 1.29 is 18.3 Å². The normalized spacial score (nSPS) is 11.5. The third-order valence-corrected chi connectivity index (χ3v) is 4.39. The number of halogens is 1. The van der Waals surface area contributed by atoms with Gasteiger partial charge in [0.15, 0.2) is 4.90 Å². The summed E-state index contributed by atoms with van der Waals surface area (Å²) in [6, 6.07) is 8.41. The Bertz CT molecular complexity index is 960. The Balaban J connectivity index is 2.49. The van der Waals surface area contributed by atoms with E-state index in [0.717, 1.165) is 12.1 Å². The van der Waals surface area contributed by atoms with Crippen molar-refractivity contribution in [2.45, 2.75) is 4.90 Å². The minimum Gasteiger partial charge on any atom is -0.258 e. The van der Waals surface area contributed by atoms with Gasteiger partial charge in [0, 0.05) is 10.5 Å². The molecule has 24 heavy (non-hydrogen) atoms. The van der Waals surface area contributed by atoms with Crippen molar-refractivity contribution in [2.75, 3.05) is 0 Å². The summed E-state index contributed by atoms with van der Waals surface area (Å²) in [4.78, 5) is 19.0. The zero-order chi connectivity index (χ0) is 17.9. The Morgan fingerprint density at radius 3 is 2.29 bits per heavy atom. The van der Waals surface area contributed by atoms with E-state index in [2.05, 4.69) is 25.6 Å². The van der Waals surface area contributed by atoms with Crippen molar-refractivity contribution in [3.8, 4) is 0 Å². The van der Waals surface area contributed by atoms with Crippen LogP contribution in [-0.2, 0) is 10.0 Å². The van der Waals surface area contributed by atoms with Gasteiger partial charge in [0.05, 0.1) is 21.6 Å². The standard InChI is InChI=1S/C12H7BrN4O6S/c13-8-2-1-3-9(6-8)14-15-24(22,23)12-5-4-10(16(18)19)7-11(12)17(20)21/h1-7H. The molecule has 0 saturated heterocycles. The number of sulfonamides is 1. The van der Waals surface area contributed by atoms with Crippen molar-refractivity contribution in [1.82, 2.24) is 0 Å². The molecule has 0 aliphatic carbocycles. The van der Waals surface area contributed by atoms with Gasteiger partial charge in [-0.25, -0.2) is 0 Å². The second-order valence-corrected chi connectivity index (χ2v) is 6.77. The number of nitro benzene ring substituents is 2. The van der Waals surface area contributed by atoms with Crippen LogP contribution in [0.4, 0.5) is 17.1 Å². The van der Waals surface area contributed by atoms with E-state index in [1.807, 2.05) is 0 Å². The summed E-state index contributed by atoms with van der Waals surface area (Å²) in [6.07, 6.45) is 0. The first-order valence-corrected chi connectivity index (χ1v) is 8.30. The number of non-ortho nitro benzene ring substituents is 1. The molecule has 0 aromatic heterocycles. The van der Waals surface area contributed by atoms with E-state index in [1.54, 1.807) is 12.1 Å². The Morgan fingerprint density at radius 1 is 1.00 bits per heavy atom. The lowest BCUT2D eigenvalue weighted by atomic mass is 10.3. The fourth-order valence-electron chi connectivity index (χ4n) is 1.66. The summed E-state index contributed by atoms with van der Waals surface area (Å²) in [7, 11) is -4.51. The molecule has 124 valence electrons. The number of rotatable bonds is 5. The molecule has 0 aliphatic rings. The highest BCUT2D eigenvalue weighted by molar-refractivity contribution is 9.10. The third-order valence-electron chi connectivity index (χ3n) is 2.70. The number of nitrogens with zero attached hydrogens (tertiary/aromatic N) is 4. The molecular formula is C12H7BrN4O6S. The predicted molar refractivity (Wildman–Crippen MR) is 85.6 cm³/mol. The van der Waals surface area contributed by atoms with Crippen LogP contribution in [0.1, 0.15) is 0 Å². The molecule has 0 atom stereocenters. The zero-order valence-electron chi connectivity index (χ0n) is 11.6. The van der Waals surface area contributed by atoms with Crippen LogP contribution in [0.3, 0.4) is 0 Å². The van der Waals surface area contributed by atoms with Gasteiger partial charge in [-0.05, 0) is 24.3 Å². The molecular weight excluding hydrogens is 408 g/mol. The van der Waals surface area contributed by atoms with Crippen LogP contribution in [-0.4, -0.2) is 18.3 Å². The summed E-state index contributed by atoms with van der Waals surface area (Å²) in [6.45, 7) is 0. The first kappa shape index (κ1) is 17.6. The van der Waals surface area contributed by atoms with Crippen LogP contribution in [0, 0.1) is 20.2 Å². The second kappa shape index (κ2) is 6.80. The number of benzene rings is 2. The molecule has 2 aromatic carbocycles. The first-order chi connectivity index (χ1) is 11.2. The van der Waals surface area contributed by atoms with Crippen molar-refractivity contribution in [1.29, 1.82) is 0 Å². The van der Waals surface area contributed by atoms with Gasteiger partial charge in [-0.3, -0.25) is 20.2 Å². The van der Waals surface area contributed by atoms with Crippen LogP contribution >= 0.6 is 15.9 Å². The third kappa shape index (κ3) is 3.97. The molecule has 10 nitrogen and oxygen atoms in total. The molecule has 0 saturated carbocycles. The molecule has 0 unspecified atom stereocenters. The average Bonchev–Trinajstić information content (AvgIpc) is 2.52. The SMILES string of the molecule is O=[N+]([O-])c1ccc(S(=O)(=O)N=Nc2cccc(Br)c2)c([N+](=O)[O-])c1. The Labute approximate surface area is 143 Å². The average molecular weight is 415 g/mol. The fraction of sp³-hybridized carbons (Fsp3) is 0. The minimum absolute atomic E-state index is 0.206. The quantitative estimate of drug-likeness (QED) is 0.413. The zero-order valence-corrected chi connectivity index (χ0v) is 14.0. The van der Waals surface area contributed by atoms with E-state index in [1.165, 1.54) is 12.1 Å². The molecule has 0 bridgehead atoms. The van der Waals surface area contributed by atoms with Crippen LogP contribution in [0.25, 0.3) is 0 Å². The Morgan fingerprint density at radius 2 is 1.71 bits per heavy atom. The smallest absolute Gasteiger partial charge is 0.258 e. The van der Waals surface area contributed by atoms with E-state index in [0.29, 0.717) is 10.5 Å². The van der Waals surface area contributed by atoms with Gasteiger partial charge in [0.1, 0.15) is 0 Å². The van der Waals surface area contributed by atoms with Gasteiger partial charge >= 0.3 is 10.0 Å². The van der Waals surface area contributed by atoms with E-state index >= 15 is 0 Å². The van der Waals surface area contributed by atoms with Gasteiger partial charge in [-0.15, -0.1) is 5.11 Å². The van der Waals surface area contributed by atoms with Crippen LogP contribution in [0.5, 0.6) is 0 Å². The van der Waals surface area contributed by atoms with Gasteiger partial charge in [-0.1, -0.05) is 26.5 Å². The van der Waals surface area contributed by atoms with Crippen molar-refractivity contribution >= 4 is 43.0 Å². The number of nitro groups is 2. The maximum Gasteiger partial charge on any atom is 0.306 e. The van der Waals surface area contributed by atoms with E-state index in [9.17, 15) is 28.6 Å². The lowest BCUT2D eigenvalue weighted by molar-refractivity contribution is -0.396. The lowest BCUT2D eigenvalue weighted by Crippen LogP contribution is -2.03. The molecule has 0 fully saturated rings.